The molecule has 0 aromatic heterocycles. The van der Waals surface area contributed by atoms with Crippen molar-refractivity contribution in [3.8, 4) is 0 Å². The van der Waals surface area contributed by atoms with Crippen molar-refractivity contribution in [1.29, 1.82) is 0 Å². The molecule has 2 amide bonds. The number of nitrogens with one attached hydrogen (secondary N) is 1. The van der Waals surface area contributed by atoms with Gasteiger partial charge in [0.25, 0.3) is 5.91 Å². The molecule has 6 nitrogen and oxygen atoms in total. The molecule has 1 heterocycles. The minimum Gasteiger partial charge on any atom is -0.465 e. The topological polar surface area (TPSA) is 95.7 Å². The van der Waals surface area contributed by atoms with E-state index in [9.17, 15) is 14.0 Å². The van der Waals surface area contributed by atoms with Crippen molar-refractivity contribution in [3.05, 3.63) is 0 Å². The van der Waals surface area contributed by atoms with Crippen molar-refractivity contribution >= 4 is 12.0 Å². The van der Waals surface area contributed by atoms with Gasteiger partial charge in [0.05, 0.1) is 6.54 Å². The molecule has 1 atom stereocenters. The second-order valence-electron chi connectivity index (χ2n) is 3.25. The van der Waals surface area contributed by atoms with Gasteiger partial charge in [-0.05, 0) is 12.8 Å². The third-order valence-electron chi connectivity index (χ3n) is 2.25. The molecule has 0 aromatic carbocycles. The van der Waals surface area contributed by atoms with Crippen LogP contribution in [0.4, 0.5) is 9.18 Å². The summed E-state index contributed by atoms with van der Waals surface area (Å²) in [7, 11) is 0. The van der Waals surface area contributed by atoms with Crippen LogP contribution in [0.5, 0.6) is 0 Å². The van der Waals surface area contributed by atoms with Gasteiger partial charge in [-0.1, -0.05) is 0 Å². The smallest absolute Gasteiger partial charge is 0.407 e. The second kappa shape index (κ2) is 3.79. The van der Waals surface area contributed by atoms with Crippen molar-refractivity contribution in [1.82, 2.24) is 10.3 Å². The fraction of sp³-hybridized carbons (Fsp3) is 0.714. The first-order valence-corrected chi connectivity index (χ1v) is 4.17. The van der Waals surface area contributed by atoms with E-state index in [-0.39, 0.29) is 13.0 Å². The summed E-state index contributed by atoms with van der Waals surface area (Å²) in [5, 5.41) is 8.62. The monoisotopic (exact) mass is 205 g/mol. The maximum Gasteiger partial charge on any atom is 0.407 e. The van der Waals surface area contributed by atoms with Crippen LogP contribution >= 0.6 is 0 Å². The number of carbonyl (C=O) groups is 2. The Morgan fingerprint density at radius 1 is 1.57 bits per heavy atom. The van der Waals surface area contributed by atoms with E-state index in [0.717, 1.165) is 4.90 Å². The predicted molar refractivity (Wildman–Crippen MR) is 45.0 cm³/mol. The third-order valence-corrected chi connectivity index (χ3v) is 2.25. The lowest BCUT2D eigenvalue weighted by molar-refractivity contribution is -0.136. The zero-order valence-corrected chi connectivity index (χ0v) is 7.49. The molecule has 0 unspecified atom stereocenters. The highest BCUT2D eigenvalue weighted by atomic mass is 19.1. The SMILES string of the molecule is NNC(=O)[C@]1(F)CCCN(C(=O)O)C1. The number of alkyl halides is 1. The molecule has 0 radical (unpaired) electrons. The normalized spacial score (nSPS) is 27.1. The van der Waals surface area contributed by atoms with E-state index in [1.807, 2.05) is 0 Å². The fourth-order valence-corrected chi connectivity index (χ4v) is 1.49. The van der Waals surface area contributed by atoms with E-state index in [0.29, 0.717) is 6.42 Å². The first-order chi connectivity index (χ1) is 6.49. The zero-order valence-electron chi connectivity index (χ0n) is 7.49. The quantitative estimate of drug-likeness (QED) is 0.304. The molecule has 4 N–H and O–H groups in total. The molecule has 7 heteroatoms. The van der Waals surface area contributed by atoms with E-state index in [2.05, 4.69) is 0 Å². The zero-order chi connectivity index (χ0) is 10.8. The van der Waals surface area contributed by atoms with Crippen molar-refractivity contribution < 1.29 is 19.1 Å². The molecule has 0 bridgehead atoms. The highest BCUT2D eigenvalue weighted by Gasteiger charge is 2.43. The lowest BCUT2D eigenvalue weighted by Gasteiger charge is -2.34. The van der Waals surface area contributed by atoms with Gasteiger partial charge in [0.1, 0.15) is 0 Å². The van der Waals surface area contributed by atoms with Gasteiger partial charge >= 0.3 is 6.09 Å². The number of halogens is 1. The van der Waals surface area contributed by atoms with Crippen molar-refractivity contribution in [2.45, 2.75) is 18.5 Å². The number of amides is 2. The van der Waals surface area contributed by atoms with Crippen molar-refractivity contribution in [3.63, 3.8) is 0 Å². The van der Waals surface area contributed by atoms with Crippen LogP contribution in [0.25, 0.3) is 0 Å². The number of carbonyl (C=O) groups excluding carboxylic acids is 1. The first kappa shape index (κ1) is 10.7. The molecule has 0 aliphatic carbocycles. The molecule has 1 rings (SSSR count). The number of likely N-dealkylation sites (tertiary alicyclic amines) is 1. The van der Waals surface area contributed by atoms with E-state index >= 15 is 0 Å². The Kier molecular flexibility index (Phi) is 2.90. The number of hydrogen-bond donors (Lipinski definition) is 3. The number of piperidine rings is 1. The molecule has 1 fully saturated rings. The molecular weight excluding hydrogens is 193 g/mol. The maximum absolute atomic E-state index is 13.8. The second-order valence-corrected chi connectivity index (χ2v) is 3.25. The largest absolute Gasteiger partial charge is 0.465 e. The van der Waals surface area contributed by atoms with Gasteiger partial charge in [-0.3, -0.25) is 10.2 Å². The van der Waals surface area contributed by atoms with E-state index in [1.54, 1.807) is 5.43 Å². The standard InChI is InChI=1S/C7H12FN3O3/c8-7(5(12)10-9)2-1-3-11(4-7)6(13)14/h1-4,9H2,(H,10,12)(H,13,14)/t7-/m0/s1. The number of hydrogen-bond acceptors (Lipinski definition) is 3. The summed E-state index contributed by atoms with van der Waals surface area (Å²) in [6.45, 7) is -0.204. The molecular formula is C7H12FN3O3. The van der Waals surface area contributed by atoms with Crippen molar-refractivity contribution in [2.75, 3.05) is 13.1 Å². The molecule has 1 saturated heterocycles. The number of rotatable bonds is 1. The maximum atomic E-state index is 13.8. The Morgan fingerprint density at radius 2 is 2.21 bits per heavy atom. The molecule has 1 aliphatic heterocycles. The van der Waals surface area contributed by atoms with Crippen LogP contribution < -0.4 is 11.3 Å². The first-order valence-electron chi connectivity index (χ1n) is 4.17. The van der Waals surface area contributed by atoms with Crippen LogP contribution in [-0.4, -0.2) is 40.8 Å². The van der Waals surface area contributed by atoms with Crippen LogP contribution in [0.3, 0.4) is 0 Å². The summed E-state index contributed by atoms with van der Waals surface area (Å²) >= 11 is 0. The van der Waals surface area contributed by atoms with Gasteiger partial charge in [-0.25, -0.2) is 15.0 Å². The van der Waals surface area contributed by atoms with Crippen LogP contribution in [0.1, 0.15) is 12.8 Å². The molecule has 0 aromatic rings. The predicted octanol–water partition coefficient (Wildman–Crippen LogP) is -0.542. The molecule has 1 aliphatic rings. The van der Waals surface area contributed by atoms with Gasteiger partial charge in [0.15, 0.2) is 0 Å². The summed E-state index contributed by atoms with van der Waals surface area (Å²) in [5.74, 6) is 3.84. The van der Waals surface area contributed by atoms with Gasteiger partial charge in [-0.15, -0.1) is 0 Å². The Balaban J connectivity index is 2.71. The Labute approximate surface area is 79.8 Å². The van der Waals surface area contributed by atoms with Crippen molar-refractivity contribution in [2.24, 2.45) is 5.84 Å². The molecule has 0 saturated carbocycles. The van der Waals surface area contributed by atoms with Crippen LogP contribution in [0.15, 0.2) is 0 Å². The van der Waals surface area contributed by atoms with Crippen LogP contribution in [-0.2, 0) is 4.79 Å². The van der Waals surface area contributed by atoms with E-state index in [4.69, 9.17) is 10.9 Å². The summed E-state index contributed by atoms with van der Waals surface area (Å²) in [6, 6.07) is 0. The lowest BCUT2D eigenvalue weighted by atomic mass is 9.94. The van der Waals surface area contributed by atoms with E-state index < -0.39 is 24.2 Å². The van der Waals surface area contributed by atoms with Gasteiger partial charge in [-0.2, -0.15) is 0 Å². The minimum atomic E-state index is -2.19. The minimum absolute atomic E-state index is 0.000185. The fourth-order valence-electron chi connectivity index (χ4n) is 1.49. The molecule has 80 valence electrons. The number of carboxylic acid groups (broad SMARTS) is 1. The number of nitrogens with two attached hydrogens (primary N) is 1. The molecule has 14 heavy (non-hydrogen) atoms. The number of nitrogens with zero attached hydrogens (tertiary/aromatic N) is 1. The average molecular weight is 205 g/mol. The van der Waals surface area contributed by atoms with E-state index in [1.165, 1.54) is 0 Å². The lowest BCUT2D eigenvalue weighted by Crippen LogP contribution is -2.56. The van der Waals surface area contributed by atoms with Crippen LogP contribution in [0, 0.1) is 0 Å². The summed E-state index contributed by atoms with van der Waals surface area (Å²) in [4.78, 5) is 22.4. The summed E-state index contributed by atoms with van der Waals surface area (Å²) in [5.41, 5.74) is -0.488. The Hall–Kier alpha value is -1.37. The number of hydrazine groups is 1. The van der Waals surface area contributed by atoms with Crippen LogP contribution in [0.2, 0.25) is 0 Å². The van der Waals surface area contributed by atoms with Gasteiger partial charge in [0, 0.05) is 6.54 Å². The Morgan fingerprint density at radius 3 is 2.71 bits per heavy atom. The summed E-state index contributed by atoms with van der Waals surface area (Å²) < 4.78 is 13.8. The average Bonchev–Trinajstić information content (AvgIpc) is 2.16. The van der Waals surface area contributed by atoms with Gasteiger partial charge < -0.3 is 10.0 Å². The highest BCUT2D eigenvalue weighted by Crippen LogP contribution is 2.25. The highest BCUT2D eigenvalue weighted by molar-refractivity contribution is 5.85. The summed E-state index contributed by atoms with van der Waals surface area (Å²) in [6.07, 6.45) is -0.910. The van der Waals surface area contributed by atoms with Gasteiger partial charge in [0.2, 0.25) is 5.67 Å². The Bertz CT molecular complexity index is 261. The molecule has 0 spiro atoms. The third kappa shape index (κ3) is 1.92.